The third-order valence-electron chi connectivity index (χ3n) is 5.21. The van der Waals surface area contributed by atoms with Crippen LogP contribution in [0.1, 0.15) is 47.2 Å². The van der Waals surface area contributed by atoms with E-state index in [2.05, 4.69) is 31.7 Å². The summed E-state index contributed by atoms with van der Waals surface area (Å²) in [5.41, 5.74) is 9.20. The molecule has 3 N–H and O–H groups in total. The maximum absolute atomic E-state index is 12.3. The summed E-state index contributed by atoms with van der Waals surface area (Å²) >= 11 is 0. The summed E-state index contributed by atoms with van der Waals surface area (Å²) in [5.74, 6) is 7.51. The summed E-state index contributed by atoms with van der Waals surface area (Å²) in [5, 5.41) is 3.81. The summed E-state index contributed by atoms with van der Waals surface area (Å²) in [6, 6.07) is 7.75. The van der Waals surface area contributed by atoms with E-state index in [1.165, 1.54) is 19.2 Å². The lowest BCUT2D eigenvalue weighted by Gasteiger charge is -2.03. The topological polar surface area (TPSA) is 85.8 Å². The van der Waals surface area contributed by atoms with Crippen molar-refractivity contribution in [3.05, 3.63) is 53.5 Å². The minimum Gasteiger partial charge on any atom is -0.383 e. The van der Waals surface area contributed by atoms with E-state index in [-0.39, 0.29) is 5.91 Å². The van der Waals surface area contributed by atoms with Gasteiger partial charge in [-0.15, -0.1) is 0 Å². The Morgan fingerprint density at radius 2 is 2.07 bits per heavy atom. The molecule has 2 heterocycles. The van der Waals surface area contributed by atoms with Crippen LogP contribution in [-0.2, 0) is 6.54 Å². The maximum atomic E-state index is 12.3. The molecule has 2 aliphatic carbocycles. The predicted molar refractivity (Wildman–Crippen MR) is 108 cm³/mol. The van der Waals surface area contributed by atoms with Crippen molar-refractivity contribution >= 4 is 22.8 Å². The molecule has 6 nitrogen and oxygen atoms in total. The van der Waals surface area contributed by atoms with Crippen molar-refractivity contribution in [3.8, 4) is 11.8 Å². The highest BCUT2D eigenvalue weighted by Crippen LogP contribution is 2.33. The van der Waals surface area contributed by atoms with Crippen molar-refractivity contribution in [2.45, 2.75) is 38.3 Å². The molecule has 0 radical (unpaired) electrons. The van der Waals surface area contributed by atoms with Crippen LogP contribution in [0.5, 0.6) is 0 Å². The number of carbonyl (C=O) groups is 1. The number of aromatic nitrogens is 3. The normalized spacial score (nSPS) is 15.9. The molecule has 2 fully saturated rings. The van der Waals surface area contributed by atoms with Crippen LogP contribution in [0.3, 0.4) is 0 Å². The highest BCUT2D eigenvalue weighted by molar-refractivity contribution is 5.95. The van der Waals surface area contributed by atoms with Gasteiger partial charge in [0.25, 0.3) is 5.91 Å². The van der Waals surface area contributed by atoms with Crippen molar-refractivity contribution in [3.63, 3.8) is 0 Å². The number of fused-ring (bicyclic) bond motifs is 1. The van der Waals surface area contributed by atoms with Gasteiger partial charge in [-0.25, -0.2) is 9.97 Å². The van der Waals surface area contributed by atoms with E-state index in [0.717, 1.165) is 41.5 Å². The number of amides is 1. The first-order valence-corrected chi connectivity index (χ1v) is 9.69. The number of benzene rings is 1. The van der Waals surface area contributed by atoms with Crippen LogP contribution in [0.2, 0.25) is 0 Å². The average molecular weight is 371 g/mol. The molecule has 2 saturated carbocycles. The Labute approximate surface area is 163 Å². The molecule has 0 spiro atoms. The second-order valence-corrected chi connectivity index (χ2v) is 7.67. The van der Waals surface area contributed by atoms with E-state index in [9.17, 15) is 4.79 Å². The number of nitrogens with zero attached hydrogens (tertiary/aromatic N) is 3. The van der Waals surface area contributed by atoms with Crippen LogP contribution in [0, 0.1) is 17.8 Å². The summed E-state index contributed by atoms with van der Waals surface area (Å²) < 4.78 is 2.13. The lowest BCUT2D eigenvalue weighted by Crippen LogP contribution is -2.25. The standard InChI is InChI=1S/C22H21N5O/c23-20-19-17(12-27(11-15-4-5-15)21(19)25-13-24-20)7-6-14-2-1-3-16(10-14)22(28)26-18-8-9-18/h1-3,10,12-13,15,18H,4-5,8-9,11H2,(H,26,28)(H2,23,24,25). The number of anilines is 1. The molecular weight excluding hydrogens is 350 g/mol. The monoisotopic (exact) mass is 371 g/mol. The van der Waals surface area contributed by atoms with E-state index in [4.69, 9.17) is 5.73 Å². The van der Waals surface area contributed by atoms with Crippen LogP contribution in [0.4, 0.5) is 5.82 Å². The van der Waals surface area contributed by atoms with Gasteiger partial charge in [0.1, 0.15) is 17.8 Å². The van der Waals surface area contributed by atoms with Crippen molar-refractivity contribution in [2.75, 3.05) is 5.73 Å². The minimum absolute atomic E-state index is 0.0372. The molecular formula is C22H21N5O. The largest absolute Gasteiger partial charge is 0.383 e. The maximum Gasteiger partial charge on any atom is 0.251 e. The number of rotatable bonds is 4. The Bertz CT molecular complexity index is 1130. The quantitative estimate of drug-likeness (QED) is 0.691. The van der Waals surface area contributed by atoms with Gasteiger partial charge in [0.15, 0.2) is 0 Å². The minimum atomic E-state index is -0.0372. The fourth-order valence-corrected chi connectivity index (χ4v) is 3.33. The highest BCUT2D eigenvalue weighted by atomic mass is 16.1. The Hall–Kier alpha value is -3.33. The zero-order valence-corrected chi connectivity index (χ0v) is 15.5. The summed E-state index contributed by atoms with van der Waals surface area (Å²) in [6.45, 7) is 0.936. The molecule has 0 unspecified atom stereocenters. The predicted octanol–water partition coefficient (Wildman–Crippen LogP) is 2.72. The first-order chi connectivity index (χ1) is 13.7. The number of nitrogen functional groups attached to an aromatic ring is 1. The second-order valence-electron chi connectivity index (χ2n) is 7.67. The van der Waals surface area contributed by atoms with Gasteiger partial charge in [-0.3, -0.25) is 4.79 Å². The molecule has 140 valence electrons. The fraction of sp³-hybridized carbons (Fsp3) is 0.318. The number of hydrogen-bond acceptors (Lipinski definition) is 4. The Balaban J connectivity index is 1.47. The number of nitrogens with two attached hydrogens (primary N) is 1. The van der Waals surface area contributed by atoms with Crippen molar-refractivity contribution in [1.29, 1.82) is 0 Å². The lowest BCUT2D eigenvalue weighted by atomic mass is 10.1. The van der Waals surface area contributed by atoms with Gasteiger partial charge in [-0.1, -0.05) is 17.9 Å². The van der Waals surface area contributed by atoms with Crippen LogP contribution in [-0.4, -0.2) is 26.5 Å². The smallest absolute Gasteiger partial charge is 0.251 e. The van der Waals surface area contributed by atoms with Gasteiger partial charge < -0.3 is 15.6 Å². The second kappa shape index (κ2) is 6.68. The van der Waals surface area contributed by atoms with Gasteiger partial charge in [0.2, 0.25) is 0 Å². The first-order valence-electron chi connectivity index (χ1n) is 9.69. The molecule has 2 aromatic heterocycles. The molecule has 28 heavy (non-hydrogen) atoms. The van der Waals surface area contributed by atoms with E-state index < -0.39 is 0 Å². The number of nitrogens with one attached hydrogen (secondary N) is 1. The SMILES string of the molecule is Nc1ncnc2c1c(C#Cc1cccc(C(=O)NC3CC3)c1)cn2CC1CC1. The van der Waals surface area contributed by atoms with E-state index in [0.29, 0.717) is 23.3 Å². The Morgan fingerprint density at radius 3 is 2.86 bits per heavy atom. The van der Waals surface area contributed by atoms with Crippen LogP contribution in [0.25, 0.3) is 11.0 Å². The molecule has 6 heteroatoms. The Morgan fingerprint density at radius 1 is 1.21 bits per heavy atom. The van der Waals surface area contributed by atoms with Gasteiger partial charge in [0, 0.05) is 29.9 Å². The van der Waals surface area contributed by atoms with Crippen LogP contribution >= 0.6 is 0 Å². The molecule has 0 saturated heterocycles. The third kappa shape index (κ3) is 3.44. The highest BCUT2D eigenvalue weighted by Gasteiger charge is 2.24. The molecule has 0 atom stereocenters. The summed E-state index contributed by atoms with van der Waals surface area (Å²) in [6.07, 6.45) is 8.18. The molecule has 5 rings (SSSR count). The average Bonchev–Trinajstić information content (AvgIpc) is 3.62. The molecule has 1 aromatic carbocycles. The first kappa shape index (κ1) is 16.8. The van der Waals surface area contributed by atoms with Crippen molar-refractivity contribution in [1.82, 2.24) is 19.9 Å². The zero-order valence-electron chi connectivity index (χ0n) is 15.5. The van der Waals surface area contributed by atoms with Gasteiger partial charge in [0.05, 0.1) is 10.9 Å². The molecule has 1 amide bonds. The number of carbonyl (C=O) groups excluding carboxylic acids is 1. The van der Waals surface area contributed by atoms with Crippen LogP contribution < -0.4 is 11.1 Å². The van der Waals surface area contributed by atoms with Gasteiger partial charge >= 0.3 is 0 Å². The van der Waals surface area contributed by atoms with Gasteiger partial charge in [-0.2, -0.15) is 0 Å². The lowest BCUT2D eigenvalue weighted by molar-refractivity contribution is 0.0951. The summed E-state index contributed by atoms with van der Waals surface area (Å²) in [4.78, 5) is 20.8. The molecule has 2 aliphatic rings. The van der Waals surface area contributed by atoms with Crippen LogP contribution in [0.15, 0.2) is 36.8 Å². The van der Waals surface area contributed by atoms with Crippen molar-refractivity contribution < 1.29 is 4.79 Å². The summed E-state index contributed by atoms with van der Waals surface area (Å²) in [7, 11) is 0. The van der Waals surface area contributed by atoms with Gasteiger partial charge in [-0.05, 0) is 49.8 Å². The molecule has 0 bridgehead atoms. The zero-order chi connectivity index (χ0) is 19.1. The third-order valence-corrected chi connectivity index (χ3v) is 5.21. The van der Waals surface area contributed by atoms with E-state index in [1.807, 2.05) is 30.5 Å². The molecule has 3 aromatic rings. The van der Waals surface area contributed by atoms with Crippen molar-refractivity contribution in [2.24, 2.45) is 5.92 Å². The fourth-order valence-electron chi connectivity index (χ4n) is 3.33. The van der Waals surface area contributed by atoms with E-state index >= 15 is 0 Å². The van der Waals surface area contributed by atoms with E-state index in [1.54, 1.807) is 0 Å². The molecule has 0 aliphatic heterocycles. The number of hydrogen-bond donors (Lipinski definition) is 2. The Kier molecular flexibility index (Phi) is 4.01.